The monoisotopic (exact) mass is 497 g/mol. The van der Waals surface area contributed by atoms with Gasteiger partial charge >= 0.3 is 0 Å². The van der Waals surface area contributed by atoms with Crippen LogP contribution in [0.5, 0.6) is 0 Å². The molecule has 0 bridgehead atoms. The Morgan fingerprint density at radius 3 is 1.63 bits per heavy atom. The quantitative estimate of drug-likeness (QED) is 0.239. The topological polar surface area (TPSA) is 3.24 Å². The minimum atomic E-state index is 0.107. The molecular formula is C32H32ClNS. The van der Waals surface area contributed by atoms with Crippen molar-refractivity contribution in [2.24, 2.45) is 0 Å². The van der Waals surface area contributed by atoms with Gasteiger partial charge in [-0.25, -0.2) is 0 Å². The number of nitrogens with zero attached hydrogens (tertiary/aromatic N) is 1. The smallest absolute Gasteiger partial charge is 0.0605 e. The Balaban J connectivity index is 1.70. The molecule has 0 spiro atoms. The zero-order valence-corrected chi connectivity index (χ0v) is 22.9. The molecule has 4 aromatic carbocycles. The second-order valence-corrected chi connectivity index (χ2v) is 12.8. The van der Waals surface area contributed by atoms with Gasteiger partial charge in [0, 0.05) is 32.5 Å². The number of thiophene rings is 1. The summed E-state index contributed by atoms with van der Waals surface area (Å²) < 4.78 is 2.40. The summed E-state index contributed by atoms with van der Waals surface area (Å²) in [4.78, 5) is 2.32. The Morgan fingerprint density at radius 1 is 0.600 bits per heavy atom. The van der Waals surface area contributed by atoms with Crippen molar-refractivity contribution in [1.82, 2.24) is 0 Å². The molecule has 3 heteroatoms. The summed E-state index contributed by atoms with van der Waals surface area (Å²) in [5, 5.41) is 3.25. The molecule has 5 aromatic rings. The Bertz CT molecular complexity index is 1440. The van der Waals surface area contributed by atoms with Crippen LogP contribution in [0.25, 0.3) is 20.2 Å². The highest BCUT2D eigenvalue weighted by Crippen LogP contribution is 2.44. The normalized spacial score (nSPS) is 12.4. The van der Waals surface area contributed by atoms with Crippen LogP contribution >= 0.6 is 22.9 Å². The molecule has 0 aliphatic heterocycles. The molecule has 0 aliphatic carbocycles. The van der Waals surface area contributed by atoms with E-state index in [-0.39, 0.29) is 10.8 Å². The molecule has 0 fully saturated rings. The van der Waals surface area contributed by atoms with Crippen LogP contribution < -0.4 is 4.90 Å². The van der Waals surface area contributed by atoms with E-state index in [0.717, 1.165) is 26.8 Å². The third-order valence-corrected chi connectivity index (χ3v) is 8.29. The molecule has 1 nitrogen and oxygen atoms in total. The standard InChI is InChI=1S/C32H32ClNS/c1-31(2,3)21-11-15-23(16-12-21)34(24-17-13-22(14-18-24)32(4,5)6)25-19-27-26-9-7-8-10-29(26)35-30(27)28(33)20-25/h7-20H,1-6H3. The summed E-state index contributed by atoms with van der Waals surface area (Å²) >= 11 is 8.67. The van der Waals surface area contributed by atoms with Crippen LogP contribution in [0.2, 0.25) is 5.02 Å². The zero-order valence-electron chi connectivity index (χ0n) is 21.3. The lowest BCUT2D eigenvalue weighted by Crippen LogP contribution is -2.14. The zero-order chi connectivity index (χ0) is 25.0. The first-order valence-electron chi connectivity index (χ1n) is 12.1. The number of anilines is 3. The summed E-state index contributed by atoms with van der Waals surface area (Å²) in [5.74, 6) is 0. The van der Waals surface area contributed by atoms with Crippen LogP contribution in [0, 0.1) is 0 Å². The van der Waals surface area contributed by atoms with Crippen molar-refractivity contribution < 1.29 is 0 Å². The van der Waals surface area contributed by atoms with Gasteiger partial charge in [0.25, 0.3) is 0 Å². The molecule has 0 unspecified atom stereocenters. The van der Waals surface area contributed by atoms with E-state index in [0.29, 0.717) is 0 Å². The van der Waals surface area contributed by atoms with Crippen molar-refractivity contribution in [1.29, 1.82) is 0 Å². The number of hydrogen-bond acceptors (Lipinski definition) is 2. The van der Waals surface area contributed by atoms with Crippen LogP contribution in [-0.4, -0.2) is 0 Å². The number of benzene rings is 4. The van der Waals surface area contributed by atoms with Crippen molar-refractivity contribution in [2.75, 3.05) is 4.90 Å². The van der Waals surface area contributed by atoms with Gasteiger partial charge in [0.05, 0.1) is 9.72 Å². The van der Waals surface area contributed by atoms with Crippen molar-refractivity contribution in [3.8, 4) is 0 Å². The highest BCUT2D eigenvalue weighted by atomic mass is 35.5. The maximum absolute atomic E-state index is 6.91. The van der Waals surface area contributed by atoms with E-state index < -0.39 is 0 Å². The predicted octanol–water partition coefficient (Wildman–Crippen LogP) is 10.8. The van der Waals surface area contributed by atoms with Crippen LogP contribution in [0.15, 0.2) is 84.9 Å². The van der Waals surface area contributed by atoms with Crippen molar-refractivity contribution in [2.45, 2.75) is 52.4 Å². The molecule has 0 saturated carbocycles. The Hall–Kier alpha value is -2.81. The van der Waals surface area contributed by atoms with Crippen LogP contribution in [0.4, 0.5) is 17.1 Å². The van der Waals surface area contributed by atoms with Gasteiger partial charge in [0.15, 0.2) is 0 Å². The largest absolute Gasteiger partial charge is 0.310 e. The number of rotatable bonds is 3. The fourth-order valence-corrected chi connectivity index (χ4v) is 5.99. The fourth-order valence-electron chi connectivity index (χ4n) is 4.57. The molecular weight excluding hydrogens is 466 g/mol. The van der Waals surface area contributed by atoms with Crippen LogP contribution in [0.3, 0.4) is 0 Å². The lowest BCUT2D eigenvalue weighted by Gasteiger charge is -2.28. The highest BCUT2D eigenvalue weighted by molar-refractivity contribution is 7.26. The van der Waals surface area contributed by atoms with E-state index in [1.165, 1.54) is 26.6 Å². The van der Waals surface area contributed by atoms with Gasteiger partial charge in [-0.3, -0.25) is 0 Å². The summed E-state index contributed by atoms with van der Waals surface area (Å²) in [6.07, 6.45) is 0. The molecule has 0 radical (unpaired) electrons. The molecule has 0 amide bonds. The van der Waals surface area contributed by atoms with Gasteiger partial charge in [0.1, 0.15) is 0 Å². The first-order valence-corrected chi connectivity index (χ1v) is 13.3. The number of fused-ring (bicyclic) bond motifs is 3. The van der Waals surface area contributed by atoms with Crippen molar-refractivity contribution >= 4 is 60.2 Å². The average molecular weight is 498 g/mol. The summed E-state index contributed by atoms with van der Waals surface area (Å²) in [6, 6.07) is 30.8. The Kier molecular flexibility index (Phi) is 5.94. The average Bonchev–Trinajstić information content (AvgIpc) is 3.18. The summed E-state index contributed by atoms with van der Waals surface area (Å²) in [5.41, 5.74) is 6.17. The summed E-state index contributed by atoms with van der Waals surface area (Å²) in [7, 11) is 0. The van der Waals surface area contributed by atoms with Crippen LogP contribution in [0.1, 0.15) is 52.7 Å². The molecule has 178 valence electrons. The molecule has 0 N–H and O–H groups in total. The molecule has 0 atom stereocenters. The summed E-state index contributed by atoms with van der Waals surface area (Å²) in [6.45, 7) is 13.5. The first-order chi connectivity index (χ1) is 16.5. The SMILES string of the molecule is CC(C)(C)c1ccc(N(c2ccc(C(C)(C)C)cc2)c2cc(Cl)c3sc4ccccc4c3c2)cc1. The van der Waals surface area contributed by atoms with Gasteiger partial charge in [0.2, 0.25) is 0 Å². The van der Waals surface area contributed by atoms with Crippen LogP contribution in [-0.2, 0) is 10.8 Å². The van der Waals surface area contributed by atoms with Crippen molar-refractivity contribution in [3.05, 3.63) is 101 Å². The van der Waals surface area contributed by atoms with E-state index in [4.69, 9.17) is 11.6 Å². The van der Waals surface area contributed by atoms with E-state index in [9.17, 15) is 0 Å². The molecule has 0 saturated heterocycles. The number of hydrogen-bond donors (Lipinski definition) is 0. The lowest BCUT2D eigenvalue weighted by atomic mass is 9.86. The minimum absolute atomic E-state index is 0.107. The van der Waals surface area contributed by atoms with Gasteiger partial charge < -0.3 is 4.90 Å². The van der Waals surface area contributed by atoms with E-state index in [2.05, 4.69) is 131 Å². The van der Waals surface area contributed by atoms with Gasteiger partial charge in [-0.2, -0.15) is 0 Å². The minimum Gasteiger partial charge on any atom is -0.310 e. The van der Waals surface area contributed by atoms with E-state index in [1.54, 1.807) is 11.3 Å². The van der Waals surface area contributed by atoms with E-state index in [1.807, 2.05) is 0 Å². The second-order valence-electron chi connectivity index (χ2n) is 11.3. The molecule has 0 aliphatic rings. The maximum atomic E-state index is 6.91. The lowest BCUT2D eigenvalue weighted by molar-refractivity contribution is 0.590. The first kappa shape index (κ1) is 23.9. The number of halogens is 1. The maximum Gasteiger partial charge on any atom is 0.0605 e. The Morgan fingerprint density at radius 2 is 1.11 bits per heavy atom. The third-order valence-electron chi connectivity index (χ3n) is 6.66. The van der Waals surface area contributed by atoms with Crippen molar-refractivity contribution in [3.63, 3.8) is 0 Å². The predicted molar refractivity (Wildman–Crippen MR) is 156 cm³/mol. The van der Waals surface area contributed by atoms with Gasteiger partial charge in [-0.1, -0.05) is 95.6 Å². The Labute approximate surface area is 218 Å². The van der Waals surface area contributed by atoms with Gasteiger partial charge in [-0.15, -0.1) is 11.3 Å². The van der Waals surface area contributed by atoms with E-state index >= 15 is 0 Å². The molecule has 5 rings (SSSR count). The third kappa shape index (κ3) is 4.58. The molecule has 1 heterocycles. The highest BCUT2D eigenvalue weighted by Gasteiger charge is 2.20. The fraction of sp³-hybridized carbons (Fsp3) is 0.250. The molecule has 1 aromatic heterocycles. The second kappa shape index (κ2) is 8.69. The molecule has 35 heavy (non-hydrogen) atoms. The van der Waals surface area contributed by atoms with Gasteiger partial charge in [-0.05, 0) is 64.4 Å².